The highest BCUT2D eigenvalue weighted by Crippen LogP contribution is 2.23. The van der Waals surface area contributed by atoms with Gasteiger partial charge in [0.1, 0.15) is 10.4 Å². The zero-order chi connectivity index (χ0) is 10.1. The van der Waals surface area contributed by atoms with Gasteiger partial charge in [-0.25, -0.2) is 4.68 Å². The van der Waals surface area contributed by atoms with Gasteiger partial charge in [0.25, 0.3) is 0 Å². The number of nitrogens with two attached hydrogens (primary N) is 1. The van der Waals surface area contributed by atoms with Crippen molar-refractivity contribution in [3.63, 3.8) is 0 Å². The molecule has 2 aromatic rings. The Balaban J connectivity index is 2.58. The molecule has 0 saturated carbocycles. The summed E-state index contributed by atoms with van der Waals surface area (Å²) in [6.07, 6.45) is 3.43. The fraction of sp³-hybridized carbons (Fsp3) is 0.111. The fourth-order valence-electron chi connectivity index (χ4n) is 1.16. The van der Waals surface area contributed by atoms with Crippen molar-refractivity contribution >= 4 is 21.7 Å². The highest BCUT2D eigenvalue weighted by molar-refractivity contribution is 9.10. The Kier molecular flexibility index (Phi) is 2.25. The zero-order valence-electron chi connectivity index (χ0n) is 7.61. The van der Waals surface area contributed by atoms with Crippen molar-refractivity contribution in [2.75, 3.05) is 5.73 Å². The van der Waals surface area contributed by atoms with Crippen molar-refractivity contribution in [2.24, 2.45) is 0 Å². The predicted molar refractivity (Wildman–Crippen MR) is 58.2 cm³/mol. The third-order valence-corrected chi connectivity index (χ3v) is 2.75. The molecule has 0 aliphatic rings. The summed E-state index contributed by atoms with van der Waals surface area (Å²) in [4.78, 5) is 4.01. The van der Waals surface area contributed by atoms with E-state index in [0.717, 1.165) is 15.9 Å². The Morgan fingerprint density at radius 2 is 2.29 bits per heavy atom. The Morgan fingerprint density at radius 1 is 1.50 bits per heavy atom. The molecule has 5 heteroatoms. The highest BCUT2D eigenvalue weighted by Gasteiger charge is 2.10. The Morgan fingerprint density at radius 3 is 2.79 bits per heavy atom. The van der Waals surface area contributed by atoms with Crippen molar-refractivity contribution < 1.29 is 0 Å². The van der Waals surface area contributed by atoms with Crippen LogP contribution in [-0.2, 0) is 0 Å². The number of hydrogen-bond acceptors (Lipinski definition) is 3. The quantitative estimate of drug-likeness (QED) is 0.844. The second kappa shape index (κ2) is 3.42. The number of halogens is 1. The normalized spacial score (nSPS) is 10.4. The van der Waals surface area contributed by atoms with Crippen LogP contribution >= 0.6 is 15.9 Å². The molecule has 0 amide bonds. The van der Waals surface area contributed by atoms with Crippen molar-refractivity contribution in [1.29, 1.82) is 0 Å². The summed E-state index contributed by atoms with van der Waals surface area (Å²) in [6, 6.07) is 3.75. The molecule has 0 unspecified atom stereocenters. The Hall–Kier alpha value is -1.36. The second-order valence-corrected chi connectivity index (χ2v) is 3.68. The molecule has 0 aliphatic carbocycles. The molecule has 0 saturated heterocycles. The summed E-state index contributed by atoms with van der Waals surface area (Å²) in [7, 11) is 0. The fourth-order valence-corrected chi connectivity index (χ4v) is 1.52. The summed E-state index contributed by atoms with van der Waals surface area (Å²) in [5, 5.41) is 4.25. The lowest BCUT2D eigenvalue weighted by molar-refractivity contribution is 0.874. The summed E-state index contributed by atoms with van der Waals surface area (Å²) in [6.45, 7) is 1.92. The largest absolute Gasteiger partial charge is 0.383 e. The van der Waals surface area contributed by atoms with Crippen LogP contribution in [0.25, 0.3) is 5.69 Å². The van der Waals surface area contributed by atoms with E-state index in [2.05, 4.69) is 26.0 Å². The van der Waals surface area contributed by atoms with E-state index in [1.807, 2.05) is 19.1 Å². The maximum atomic E-state index is 5.88. The van der Waals surface area contributed by atoms with E-state index >= 15 is 0 Å². The molecule has 14 heavy (non-hydrogen) atoms. The van der Waals surface area contributed by atoms with Gasteiger partial charge in [-0.2, -0.15) is 5.10 Å². The molecule has 0 aliphatic heterocycles. The molecule has 0 spiro atoms. The standard InChI is InChI=1S/C9H9BrN4/c1-6-8(10)13-14(9(6)11)7-3-2-4-12-5-7/h2-5H,11H2,1H3. The lowest BCUT2D eigenvalue weighted by Crippen LogP contribution is -2.02. The molecule has 2 aromatic heterocycles. The van der Waals surface area contributed by atoms with Gasteiger partial charge in [-0.05, 0) is 35.0 Å². The van der Waals surface area contributed by atoms with E-state index in [4.69, 9.17) is 5.73 Å². The molecule has 2 rings (SSSR count). The van der Waals surface area contributed by atoms with Gasteiger partial charge in [0, 0.05) is 11.8 Å². The van der Waals surface area contributed by atoms with Gasteiger partial charge >= 0.3 is 0 Å². The number of rotatable bonds is 1. The van der Waals surface area contributed by atoms with Crippen LogP contribution in [-0.4, -0.2) is 14.8 Å². The minimum absolute atomic E-state index is 0.630. The summed E-state index contributed by atoms with van der Waals surface area (Å²) >= 11 is 3.33. The average Bonchev–Trinajstić information content (AvgIpc) is 2.47. The molecule has 0 atom stereocenters. The second-order valence-electron chi connectivity index (χ2n) is 2.92. The number of aromatic nitrogens is 3. The smallest absolute Gasteiger partial charge is 0.133 e. The van der Waals surface area contributed by atoms with E-state index < -0.39 is 0 Å². The first-order chi connectivity index (χ1) is 6.70. The number of pyridine rings is 1. The molecule has 0 aromatic carbocycles. The lowest BCUT2D eigenvalue weighted by Gasteiger charge is -2.02. The monoisotopic (exact) mass is 252 g/mol. The van der Waals surface area contributed by atoms with Crippen LogP contribution in [0, 0.1) is 6.92 Å². The molecular weight excluding hydrogens is 244 g/mol. The van der Waals surface area contributed by atoms with Crippen molar-refractivity contribution in [3.05, 3.63) is 34.7 Å². The van der Waals surface area contributed by atoms with Crippen LogP contribution in [0.4, 0.5) is 5.82 Å². The van der Waals surface area contributed by atoms with Gasteiger partial charge < -0.3 is 5.73 Å². The maximum absolute atomic E-state index is 5.88. The molecule has 0 radical (unpaired) electrons. The molecule has 0 bridgehead atoms. The van der Waals surface area contributed by atoms with Gasteiger partial charge in [0.05, 0.1) is 11.9 Å². The van der Waals surface area contributed by atoms with E-state index in [0.29, 0.717) is 5.82 Å². The van der Waals surface area contributed by atoms with Crippen molar-refractivity contribution in [1.82, 2.24) is 14.8 Å². The van der Waals surface area contributed by atoms with Crippen LogP contribution < -0.4 is 5.73 Å². The van der Waals surface area contributed by atoms with Crippen molar-refractivity contribution in [2.45, 2.75) is 6.92 Å². The molecule has 2 N–H and O–H groups in total. The van der Waals surface area contributed by atoms with Gasteiger partial charge in [0.2, 0.25) is 0 Å². The van der Waals surface area contributed by atoms with Crippen LogP contribution in [0.5, 0.6) is 0 Å². The molecular formula is C9H9BrN4. The van der Waals surface area contributed by atoms with Gasteiger partial charge in [0.15, 0.2) is 0 Å². The Bertz CT molecular complexity index is 449. The first-order valence-electron chi connectivity index (χ1n) is 4.11. The lowest BCUT2D eigenvalue weighted by atomic mass is 10.3. The summed E-state index contributed by atoms with van der Waals surface area (Å²) in [5.74, 6) is 0.630. The van der Waals surface area contributed by atoms with Crippen molar-refractivity contribution in [3.8, 4) is 5.69 Å². The number of nitrogen functional groups attached to an aromatic ring is 1. The topological polar surface area (TPSA) is 56.7 Å². The minimum atomic E-state index is 0.630. The summed E-state index contributed by atoms with van der Waals surface area (Å²) < 4.78 is 2.42. The first-order valence-corrected chi connectivity index (χ1v) is 4.90. The first kappa shape index (κ1) is 9.21. The van der Waals surface area contributed by atoms with E-state index in [1.165, 1.54) is 0 Å². The maximum Gasteiger partial charge on any atom is 0.133 e. The third-order valence-electron chi connectivity index (χ3n) is 2.00. The SMILES string of the molecule is Cc1c(Br)nn(-c2cccnc2)c1N. The van der Waals surface area contributed by atoms with Gasteiger partial charge in [-0.3, -0.25) is 4.98 Å². The predicted octanol–water partition coefficient (Wildman–Crippen LogP) is 1.92. The number of anilines is 1. The van der Waals surface area contributed by atoms with Crippen LogP contribution in [0.15, 0.2) is 29.1 Å². The molecule has 72 valence electrons. The third kappa shape index (κ3) is 1.39. The molecule has 2 heterocycles. The highest BCUT2D eigenvalue weighted by atomic mass is 79.9. The summed E-state index contributed by atoms with van der Waals surface area (Å²) in [5.41, 5.74) is 7.68. The van der Waals surface area contributed by atoms with Gasteiger partial charge in [-0.1, -0.05) is 0 Å². The molecule has 0 fully saturated rings. The average molecular weight is 253 g/mol. The van der Waals surface area contributed by atoms with Crippen LogP contribution in [0.3, 0.4) is 0 Å². The number of hydrogen-bond donors (Lipinski definition) is 1. The van der Waals surface area contributed by atoms with Crippen LogP contribution in [0.2, 0.25) is 0 Å². The van der Waals surface area contributed by atoms with E-state index in [9.17, 15) is 0 Å². The molecule has 4 nitrogen and oxygen atoms in total. The van der Waals surface area contributed by atoms with E-state index in [-0.39, 0.29) is 0 Å². The van der Waals surface area contributed by atoms with Gasteiger partial charge in [-0.15, -0.1) is 0 Å². The zero-order valence-corrected chi connectivity index (χ0v) is 9.19. The number of nitrogens with zero attached hydrogens (tertiary/aromatic N) is 3. The Labute approximate surface area is 89.9 Å². The minimum Gasteiger partial charge on any atom is -0.383 e. The van der Waals surface area contributed by atoms with Crippen LogP contribution in [0.1, 0.15) is 5.56 Å². The van der Waals surface area contributed by atoms with E-state index in [1.54, 1.807) is 17.1 Å².